The van der Waals surface area contributed by atoms with Gasteiger partial charge in [0, 0.05) is 17.4 Å². The Hall–Kier alpha value is -3.28. The van der Waals surface area contributed by atoms with Gasteiger partial charge < -0.3 is 21.5 Å². The summed E-state index contributed by atoms with van der Waals surface area (Å²) in [5.41, 5.74) is 10.3. The zero-order valence-electron chi connectivity index (χ0n) is 15.4. The van der Waals surface area contributed by atoms with Crippen LogP contribution in [0.1, 0.15) is 22.5 Å². The highest BCUT2D eigenvalue weighted by Gasteiger charge is 2.22. The summed E-state index contributed by atoms with van der Waals surface area (Å²) < 4.78 is 66.0. The fraction of sp³-hybridized carbons (Fsp3) is 0.278. The van der Waals surface area contributed by atoms with Gasteiger partial charge in [-0.3, -0.25) is 9.79 Å². The molecule has 7 nitrogen and oxygen atoms in total. The second-order valence-electron chi connectivity index (χ2n) is 6.01. The number of pyridine rings is 1. The molecule has 1 unspecified atom stereocenters. The summed E-state index contributed by atoms with van der Waals surface area (Å²) in [5.74, 6) is -0.951. The molecule has 1 atom stereocenters. The van der Waals surface area contributed by atoms with Gasteiger partial charge in [-0.05, 0) is 30.3 Å². The minimum absolute atomic E-state index is 0.0294. The number of aliphatic imine (C=N–C) groups is 1. The Morgan fingerprint density at radius 1 is 1.17 bits per heavy atom. The maximum atomic E-state index is 12.7. The van der Waals surface area contributed by atoms with E-state index in [0.29, 0.717) is 5.69 Å². The van der Waals surface area contributed by atoms with Crippen LogP contribution in [-0.2, 0) is 4.74 Å². The smallest absolute Gasteiger partial charge is 0.276 e. The number of hydrogen-bond donors (Lipinski definition) is 3. The van der Waals surface area contributed by atoms with Gasteiger partial charge in [-0.1, -0.05) is 0 Å². The third-order valence-corrected chi connectivity index (χ3v) is 3.67. The minimum atomic E-state index is -2.71. The van der Waals surface area contributed by atoms with E-state index in [0.717, 1.165) is 12.3 Å². The first-order valence-electron chi connectivity index (χ1n) is 8.46. The normalized spacial score (nSPS) is 16.0. The van der Waals surface area contributed by atoms with Crippen molar-refractivity contribution in [2.45, 2.75) is 18.9 Å². The van der Waals surface area contributed by atoms with Gasteiger partial charge in [-0.15, -0.1) is 0 Å². The van der Waals surface area contributed by atoms with Crippen LogP contribution in [0.15, 0.2) is 41.5 Å². The average Bonchev–Trinajstić information content (AvgIpc) is 2.70. The number of rotatable bonds is 4. The maximum Gasteiger partial charge on any atom is 0.276 e. The van der Waals surface area contributed by atoms with Crippen molar-refractivity contribution in [2.24, 2.45) is 10.7 Å². The Kier molecular flexibility index (Phi) is 8.04. The van der Waals surface area contributed by atoms with Crippen molar-refractivity contribution in [2.75, 3.05) is 24.3 Å². The van der Waals surface area contributed by atoms with Gasteiger partial charge in [-0.25, -0.2) is 26.9 Å². The molecule has 2 heterocycles. The van der Waals surface area contributed by atoms with Crippen molar-refractivity contribution < 1.29 is 31.5 Å². The topological polar surface area (TPSA) is 116 Å². The van der Waals surface area contributed by atoms with Crippen LogP contribution in [0.4, 0.5) is 33.3 Å². The molecule has 0 bridgehead atoms. The average molecular weight is 431 g/mol. The lowest BCUT2D eigenvalue weighted by atomic mass is 10.2. The number of alkyl halides is 4. The van der Waals surface area contributed by atoms with Crippen LogP contribution >= 0.6 is 0 Å². The highest BCUT2D eigenvalue weighted by Crippen LogP contribution is 2.22. The molecular weight excluding hydrogens is 413 g/mol. The van der Waals surface area contributed by atoms with Crippen LogP contribution in [-0.4, -0.2) is 42.4 Å². The van der Waals surface area contributed by atoms with Gasteiger partial charge in [0.1, 0.15) is 24.3 Å². The van der Waals surface area contributed by atoms with Crippen LogP contribution in [0.25, 0.3) is 0 Å². The van der Waals surface area contributed by atoms with Crippen molar-refractivity contribution in [1.29, 1.82) is 0 Å². The first-order valence-corrected chi connectivity index (χ1v) is 8.46. The fourth-order valence-corrected chi connectivity index (χ4v) is 2.23. The van der Waals surface area contributed by atoms with Crippen molar-refractivity contribution in [3.05, 3.63) is 53.6 Å². The number of carbonyl (C=O) groups excluding carboxylic acids is 1. The van der Waals surface area contributed by atoms with Crippen LogP contribution in [0.5, 0.6) is 0 Å². The SMILES string of the molecule is NC1=NC(C(F)F)COC1.Nc1cc(C(F)F)cnc1C(=O)Nc1ccc(F)cc1. The van der Waals surface area contributed by atoms with Gasteiger partial charge >= 0.3 is 0 Å². The molecule has 0 spiro atoms. The predicted octanol–water partition coefficient (Wildman–Crippen LogP) is 3.00. The van der Waals surface area contributed by atoms with E-state index in [-0.39, 0.29) is 36.0 Å². The number of nitrogen functional groups attached to an aromatic ring is 1. The molecule has 1 aromatic carbocycles. The third-order valence-electron chi connectivity index (χ3n) is 3.67. The lowest BCUT2D eigenvalue weighted by Crippen LogP contribution is -2.34. The number of amides is 1. The lowest BCUT2D eigenvalue weighted by molar-refractivity contribution is 0.0505. The quantitative estimate of drug-likeness (QED) is 0.644. The molecule has 1 aliphatic heterocycles. The Labute approximate surface area is 167 Å². The van der Waals surface area contributed by atoms with E-state index in [4.69, 9.17) is 16.2 Å². The molecule has 0 fully saturated rings. The van der Waals surface area contributed by atoms with Gasteiger partial charge in [0.15, 0.2) is 5.69 Å². The number of anilines is 2. The van der Waals surface area contributed by atoms with Gasteiger partial charge in [0.25, 0.3) is 18.8 Å². The molecular formula is C18H18F5N5O2. The van der Waals surface area contributed by atoms with Gasteiger partial charge in [-0.2, -0.15) is 0 Å². The Balaban J connectivity index is 0.000000269. The molecule has 0 radical (unpaired) electrons. The number of ether oxygens (including phenoxy) is 1. The highest BCUT2D eigenvalue weighted by molar-refractivity contribution is 6.06. The monoisotopic (exact) mass is 431 g/mol. The second kappa shape index (κ2) is 10.5. The van der Waals surface area contributed by atoms with Crippen molar-refractivity contribution in [1.82, 2.24) is 4.98 Å². The molecule has 1 aliphatic rings. The Morgan fingerprint density at radius 2 is 1.83 bits per heavy atom. The predicted molar refractivity (Wildman–Crippen MR) is 100 cm³/mol. The van der Waals surface area contributed by atoms with Crippen molar-refractivity contribution in [3.63, 3.8) is 0 Å². The maximum absolute atomic E-state index is 12.7. The summed E-state index contributed by atoms with van der Waals surface area (Å²) in [6, 6.07) is 5.00. The number of hydrogen-bond acceptors (Lipinski definition) is 6. The van der Waals surface area contributed by atoms with E-state index in [2.05, 4.69) is 15.3 Å². The van der Waals surface area contributed by atoms with E-state index in [1.54, 1.807) is 0 Å². The first kappa shape index (κ1) is 23.0. The Bertz CT molecular complexity index is 893. The number of carbonyl (C=O) groups is 1. The zero-order chi connectivity index (χ0) is 22.3. The van der Waals surface area contributed by atoms with Crippen molar-refractivity contribution >= 4 is 23.1 Å². The molecule has 30 heavy (non-hydrogen) atoms. The van der Waals surface area contributed by atoms with Crippen molar-refractivity contribution in [3.8, 4) is 0 Å². The molecule has 0 saturated carbocycles. The molecule has 162 valence electrons. The number of nitrogens with zero attached hydrogens (tertiary/aromatic N) is 2. The molecule has 12 heteroatoms. The second-order valence-corrected chi connectivity index (χ2v) is 6.01. The first-order chi connectivity index (χ1) is 14.2. The van der Waals surface area contributed by atoms with E-state index in [9.17, 15) is 26.7 Å². The summed E-state index contributed by atoms with van der Waals surface area (Å²) in [7, 11) is 0. The highest BCUT2D eigenvalue weighted by atomic mass is 19.3. The Morgan fingerprint density at radius 3 is 2.33 bits per heavy atom. The summed E-state index contributed by atoms with van der Waals surface area (Å²) in [6.07, 6.45) is -4.29. The summed E-state index contributed by atoms with van der Waals surface area (Å²) in [6.45, 7) is 0.140. The third kappa shape index (κ3) is 6.65. The zero-order valence-corrected chi connectivity index (χ0v) is 15.4. The molecule has 1 amide bonds. The van der Waals surface area contributed by atoms with Gasteiger partial charge in [0.2, 0.25) is 0 Å². The summed E-state index contributed by atoms with van der Waals surface area (Å²) >= 11 is 0. The number of nitrogens with two attached hydrogens (primary N) is 2. The number of nitrogens with one attached hydrogen (secondary N) is 1. The number of aromatic nitrogens is 1. The molecule has 0 aliphatic carbocycles. The molecule has 0 saturated heterocycles. The lowest BCUT2D eigenvalue weighted by Gasteiger charge is -2.17. The van der Waals surface area contributed by atoms with Crippen LogP contribution in [0.2, 0.25) is 0 Å². The molecule has 5 N–H and O–H groups in total. The van der Waals surface area contributed by atoms with E-state index in [1.165, 1.54) is 24.3 Å². The van der Waals surface area contributed by atoms with Crippen LogP contribution < -0.4 is 16.8 Å². The largest absolute Gasteiger partial charge is 0.397 e. The molecule has 2 aromatic rings. The fourth-order valence-electron chi connectivity index (χ4n) is 2.23. The van der Waals surface area contributed by atoms with Crippen LogP contribution in [0.3, 0.4) is 0 Å². The van der Waals surface area contributed by atoms with Crippen LogP contribution in [0, 0.1) is 5.82 Å². The summed E-state index contributed by atoms with van der Waals surface area (Å²) in [4.78, 5) is 19.0. The minimum Gasteiger partial charge on any atom is -0.397 e. The standard InChI is InChI=1S/C13H10F3N3O.C5H8F2N2O/c14-8-1-3-9(4-2-8)19-13(20)11-10(17)5-7(6-18-11)12(15)16;6-5(7)3-1-10-2-4(8)9-3/h1-6,12H,17H2,(H,19,20);3,5H,1-2H2,(H2,8,9). The number of amidine groups is 1. The number of benzene rings is 1. The summed E-state index contributed by atoms with van der Waals surface area (Å²) in [5, 5.41) is 2.44. The number of halogens is 5. The van der Waals surface area contributed by atoms with E-state index in [1.807, 2.05) is 0 Å². The molecule has 3 rings (SSSR count). The van der Waals surface area contributed by atoms with E-state index < -0.39 is 30.6 Å². The molecule has 1 aromatic heterocycles. The van der Waals surface area contributed by atoms with E-state index >= 15 is 0 Å². The van der Waals surface area contributed by atoms with Gasteiger partial charge in [0.05, 0.1) is 12.3 Å².